The van der Waals surface area contributed by atoms with Crippen molar-refractivity contribution in [2.24, 2.45) is 0 Å². The molecule has 0 spiro atoms. The van der Waals surface area contributed by atoms with Crippen molar-refractivity contribution in [3.05, 3.63) is 36.1 Å². The quantitative estimate of drug-likeness (QED) is 0.515. The van der Waals surface area contributed by atoms with Gasteiger partial charge in [-0.05, 0) is 46.2 Å². The van der Waals surface area contributed by atoms with Crippen LogP contribution in [-0.4, -0.2) is 36.7 Å². The van der Waals surface area contributed by atoms with Gasteiger partial charge >= 0.3 is 12.1 Å². The van der Waals surface area contributed by atoms with Gasteiger partial charge in [-0.3, -0.25) is 9.59 Å². The van der Waals surface area contributed by atoms with E-state index in [9.17, 15) is 14.4 Å². The molecule has 0 saturated carbocycles. The van der Waals surface area contributed by atoms with Gasteiger partial charge in [-0.1, -0.05) is 18.2 Å². The fraction of sp³-hybridized carbons (Fsp3) is 0.476. The smallest absolute Gasteiger partial charge is 0.407 e. The second kappa shape index (κ2) is 9.95. The van der Waals surface area contributed by atoms with E-state index in [0.29, 0.717) is 12.2 Å². The Labute approximate surface area is 169 Å². The fourth-order valence-electron chi connectivity index (χ4n) is 2.53. The van der Waals surface area contributed by atoms with Gasteiger partial charge in [-0.2, -0.15) is 0 Å². The molecule has 158 valence electrons. The predicted octanol–water partition coefficient (Wildman–Crippen LogP) is 3.46. The van der Waals surface area contributed by atoms with Crippen LogP contribution < -0.4 is 10.6 Å². The van der Waals surface area contributed by atoms with Gasteiger partial charge in [0.25, 0.3) is 5.91 Å². The molecular formula is C21H28N2O6. The monoisotopic (exact) mass is 404 g/mol. The number of alkyl carbamates (subject to hydrolysis) is 1. The Balaban J connectivity index is 1.64. The van der Waals surface area contributed by atoms with E-state index in [1.165, 1.54) is 0 Å². The van der Waals surface area contributed by atoms with Crippen LogP contribution in [0, 0.1) is 0 Å². The number of esters is 1. The molecule has 0 unspecified atom stereocenters. The number of ether oxygens (including phenoxy) is 2. The Hall–Kier alpha value is -3.03. The van der Waals surface area contributed by atoms with E-state index < -0.39 is 23.6 Å². The van der Waals surface area contributed by atoms with Crippen LogP contribution in [0.25, 0.3) is 11.0 Å². The number of amides is 2. The second-order valence-electron chi connectivity index (χ2n) is 7.67. The molecule has 0 bridgehead atoms. The van der Waals surface area contributed by atoms with Crippen LogP contribution in [0.1, 0.15) is 52.3 Å². The van der Waals surface area contributed by atoms with E-state index in [4.69, 9.17) is 13.9 Å². The standard InChI is InChI=1S/C21H28N2O6/c1-14(17-12-15-8-5-6-9-16(15)28-17)23-18(24)13-27-19(25)10-7-11-22-20(26)29-21(2,3)4/h5-6,8-9,12,14H,7,10-11,13H2,1-4H3,(H,22,26)(H,23,24)/t14-/m1/s1. The third kappa shape index (κ3) is 7.85. The minimum Gasteiger partial charge on any atom is -0.459 e. The number of hydrogen-bond donors (Lipinski definition) is 2. The van der Waals surface area contributed by atoms with Crippen LogP contribution in [0.15, 0.2) is 34.7 Å². The normalized spacial score (nSPS) is 12.3. The maximum absolute atomic E-state index is 12.0. The van der Waals surface area contributed by atoms with Crippen molar-refractivity contribution in [1.29, 1.82) is 0 Å². The summed E-state index contributed by atoms with van der Waals surface area (Å²) in [6.45, 7) is 7.00. The summed E-state index contributed by atoms with van der Waals surface area (Å²) >= 11 is 0. The van der Waals surface area contributed by atoms with E-state index in [1.807, 2.05) is 30.3 Å². The van der Waals surface area contributed by atoms with Crippen LogP contribution in [0.4, 0.5) is 4.79 Å². The number of nitrogens with one attached hydrogen (secondary N) is 2. The van der Waals surface area contributed by atoms with Crippen molar-refractivity contribution in [2.75, 3.05) is 13.2 Å². The Morgan fingerprint density at radius 1 is 1.17 bits per heavy atom. The molecule has 1 heterocycles. The number of fused-ring (bicyclic) bond motifs is 1. The molecule has 1 atom stereocenters. The maximum Gasteiger partial charge on any atom is 0.407 e. The first kappa shape index (κ1) is 22.3. The highest BCUT2D eigenvalue weighted by atomic mass is 16.6. The SMILES string of the molecule is C[C@@H](NC(=O)COC(=O)CCCNC(=O)OC(C)(C)C)c1cc2ccccc2o1. The van der Waals surface area contributed by atoms with Gasteiger partial charge in [-0.15, -0.1) is 0 Å². The van der Waals surface area contributed by atoms with Gasteiger partial charge < -0.3 is 24.5 Å². The number of para-hydroxylation sites is 1. The lowest BCUT2D eigenvalue weighted by molar-refractivity contribution is -0.148. The first-order valence-corrected chi connectivity index (χ1v) is 9.54. The number of furan rings is 1. The van der Waals surface area contributed by atoms with Crippen molar-refractivity contribution >= 4 is 28.9 Å². The molecule has 0 fully saturated rings. The molecule has 2 amide bonds. The number of carbonyl (C=O) groups excluding carboxylic acids is 3. The lowest BCUT2D eigenvalue weighted by Gasteiger charge is -2.19. The first-order chi connectivity index (χ1) is 13.6. The molecule has 0 radical (unpaired) electrons. The molecule has 0 aliphatic carbocycles. The lowest BCUT2D eigenvalue weighted by atomic mass is 10.2. The Morgan fingerprint density at radius 2 is 1.90 bits per heavy atom. The highest BCUT2D eigenvalue weighted by molar-refractivity contribution is 5.81. The van der Waals surface area contributed by atoms with Crippen molar-refractivity contribution < 1.29 is 28.3 Å². The molecular weight excluding hydrogens is 376 g/mol. The largest absolute Gasteiger partial charge is 0.459 e. The summed E-state index contributed by atoms with van der Waals surface area (Å²) in [5, 5.41) is 6.24. The summed E-state index contributed by atoms with van der Waals surface area (Å²) in [6, 6.07) is 9.08. The van der Waals surface area contributed by atoms with Crippen molar-refractivity contribution in [3.8, 4) is 0 Å². The topological polar surface area (TPSA) is 107 Å². The van der Waals surface area contributed by atoms with Crippen molar-refractivity contribution in [3.63, 3.8) is 0 Å². The van der Waals surface area contributed by atoms with Gasteiger partial charge in [0.15, 0.2) is 6.61 Å². The molecule has 1 aromatic carbocycles. The molecule has 2 rings (SSSR count). The second-order valence-corrected chi connectivity index (χ2v) is 7.67. The summed E-state index contributed by atoms with van der Waals surface area (Å²) in [5.41, 5.74) is 0.172. The summed E-state index contributed by atoms with van der Waals surface area (Å²) in [5.74, 6) is -0.306. The van der Waals surface area contributed by atoms with E-state index >= 15 is 0 Å². The summed E-state index contributed by atoms with van der Waals surface area (Å²) < 4.78 is 15.8. The molecule has 8 heteroatoms. The van der Waals surface area contributed by atoms with Gasteiger partial charge in [0, 0.05) is 18.4 Å². The van der Waals surface area contributed by atoms with Crippen LogP contribution in [0.5, 0.6) is 0 Å². The number of carbonyl (C=O) groups is 3. The van der Waals surface area contributed by atoms with Gasteiger partial charge in [-0.25, -0.2) is 4.79 Å². The molecule has 0 aliphatic heterocycles. The first-order valence-electron chi connectivity index (χ1n) is 9.54. The average Bonchev–Trinajstić information content (AvgIpc) is 3.06. The van der Waals surface area contributed by atoms with Crippen molar-refractivity contribution in [2.45, 2.75) is 52.2 Å². The maximum atomic E-state index is 12.0. The molecule has 0 saturated heterocycles. The molecule has 2 aromatic rings. The highest BCUT2D eigenvalue weighted by Crippen LogP contribution is 2.23. The molecule has 8 nitrogen and oxygen atoms in total. The molecule has 0 aliphatic rings. The van der Waals surface area contributed by atoms with Crippen LogP contribution >= 0.6 is 0 Å². The fourth-order valence-corrected chi connectivity index (χ4v) is 2.53. The van der Waals surface area contributed by atoms with E-state index in [0.717, 1.165) is 11.0 Å². The zero-order chi connectivity index (χ0) is 21.4. The third-order valence-corrected chi connectivity index (χ3v) is 3.84. The minimum absolute atomic E-state index is 0.0855. The summed E-state index contributed by atoms with van der Waals surface area (Å²) in [6.07, 6.45) is -0.0677. The van der Waals surface area contributed by atoms with Crippen LogP contribution in [0.3, 0.4) is 0 Å². The van der Waals surface area contributed by atoms with E-state index in [1.54, 1.807) is 27.7 Å². The number of benzene rings is 1. The van der Waals surface area contributed by atoms with E-state index in [2.05, 4.69) is 10.6 Å². The Morgan fingerprint density at radius 3 is 2.59 bits per heavy atom. The van der Waals surface area contributed by atoms with Crippen LogP contribution in [-0.2, 0) is 19.1 Å². The van der Waals surface area contributed by atoms with Gasteiger partial charge in [0.05, 0.1) is 6.04 Å². The minimum atomic E-state index is -0.574. The third-order valence-electron chi connectivity index (χ3n) is 3.84. The van der Waals surface area contributed by atoms with Gasteiger partial charge in [0.2, 0.25) is 0 Å². The highest BCUT2D eigenvalue weighted by Gasteiger charge is 2.17. The zero-order valence-electron chi connectivity index (χ0n) is 17.2. The summed E-state index contributed by atoms with van der Waals surface area (Å²) in [4.78, 5) is 35.2. The zero-order valence-corrected chi connectivity index (χ0v) is 17.2. The average molecular weight is 404 g/mol. The predicted molar refractivity (Wildman–Crippen MR) is 107 cm³/mol. The van der Waals surface area contributed by atoms with Crippen molar-refractivity contribution in [1.82, 2.24) is 10.6 Å². The Kier molecular flexibility index (Phi) is 7.64. The number of rotatable bonds is 8. The Bertz CT molecular complexity index is 819. The van der Waals surface area contributed by atoms with Gasteiger partial charge in [0.1, 0.15) is 16.9 Å². The molecule has 1 aromatic heterocycles. The van der Waals surface area contributed by atoms with E-state index in [-0.39, 0.29) is 25.6 Å². The summed E-state index contributed by atoms with van der Waals surface area (Å²) in [7, 11) is 0. The van der Waals surface area contributed by atoms with Crippen LogP contribution in [0.2, 0.25) is 0 Å². The lowest BCUT2D eigenvalue weighted by Crippen LogP contribution is -2.33. The number of hydrogen-bond acceptors (Lipinski definition) is 6. The molecule has 2 N–H and O–H groups in total. The molecule has 29 heavy (non-hydrogen) atoms.